The molecule has 1 saturated heterocycles. The van der Waals surface area contributed by atoms with E-state index in [4.69, 9.17) is 0 Å². The van der Waals surface area contributed by atoms with E-state index in [1.165, 1.54) is 22.5 Å². The number of amides is 1. The minimum atomic E-state index is -3.45. The van der Waals surface area contributed by atoms with Crippen molar-refractivity contribution in [1.82, 2.24) is 9.21 Å². The Bertz CT molecular complexity index is 1020. The first kappa shape index (κ1) is 21.3. The Kier molecular flexibility index (Phi) is 6.41. The topological polar surface area (TPSA) is 57.7 Å². The Labute approximate surface area is 183 Å². The summed E-state index contributed by atoms with van der Waals surface area (Å²) in [6.07, 6.45) is 6.77. The van der Waals surface area contributed by atoms with Crippen molar-refractivity contribution >= 4 is 27.3 Å². The molecule has 1 unspecified atom stereocenters. The SMILES string of the molecule is C=CCN(C(=O)Cc1ccc(S(=O)(=O)N2CCCCC2)s1)C1CCc2ccccc21. The van der Waals surface area contributed by atoms with Gasteiger partial charge in [-0.3, -0.25) is 4.79 Å². The number of carbonyl (C=O) groups is 1. The highest BCUT2D eigenvalue weighted by atomic mass is 32.2. The molecule has 2 aromatic rings. The monoisotopic (exact) mass is 444 g/mol. The zero-order valence-corrected chi connectivity index (χ0v) is 18.8. The van der Waals surface area contributed by atoms with Crippen LogP contribution >= 0.6 is 11.3 Å². The maximum Gasteiger partial charge on any atom is 0.252 e. The van der Waals surface area contributed by atoms with Crippen LogP contribution in [-0.4, -0.2) is 43.2 Å². The zero-order chi connectivity index (χ0) is 21.1. The minimum Gasteiger partial charge on any atom is -0.332 e. The van der Waals surface area contributed by atoms with E-state index in [0.29, 0.717) is 23.8 Å². The van der Waals surface area contributed by atoms with Crippen LogP contribution in [0.4, 0.5) is 0 Å². The summed E-state index contributed by atoms with van der Waals surface area (Å²) in [5.74, 6) is 0.0142. The maximum absolute atomic E-state index is 13.2. The van der Waals surface area contributed by atoms with Gasteiger partial charge in [-0.25, -0.2) is 8.42 Å². The second-order valence-corrected chi connectivity index (χ2v) is 11.3. The molecule has 160 valence electrons. The number of aryl methyl sites for hydroxylation is 1. The van der Waals surface area contributed by atoms with Crippen LogP contribution in [0.3, 0.4) is 0 Å². The Morgan fingerprint density at radius 2 is 1.93 bits per heavy atom. The molecule has 1 aromatic heterocycles. The number of carbonyl (C=O) groups excluding carboxylic acids is 1. The van der Waals surface area contributed by atoms with Crippen molar-refractivity contribution in [3.05, 3.63) is 65.1 Å². The van der Waals surface area contributed by atoms with Gasteiger partial charge in [0.25, 0.3) is 10.0 Å². The molecule has 2 heterocycles. The van der Waals surface area contributed by atoms with Crippen molar-refractivity contribution in [1.29, 1.82) is 0 Å². The molecule has 0 spiro atoms. The van der Waals surface area contributed by atoms with Crippen LogP contribution in [0, 0.1) is 0 Å². The van der Waals surface area contributed by atoms with E-state index < -0.39 is 10.0 Å². The summed E-state index contributed by atoms with van der Waals surface area (Å²) < 4.78 is 27.7. The van der Waals surface area contributed by atoms with Gasteiger partial charge < -0.3 is 4.90 Å². The summed E-state index contributed by atoms with van der Waals surface area (Å²) in [7, 11) is -3.45. The molecule has 0 saturated carbocycles. The summed E-state index contributed by atoms with van der Waals surface area (Å²) in [6, 6.07) is 11.8. The molecule has 7 heteroatoms. The predicted octanol–water partition coefficient (Wildman–Crippen LogP) is 4.17. The molecule has 1 aliphatic carbocycles. The third kappa shape index (κ3) is 4.24. The lowest BCUT2D eigenvalue weighted by Crippen LogP contribution is -2.35. The van der Waals surface area contributed by atoms with Crippen LogP contribution in [-0.2, 0) is 27.7 Å². The van der Waals surface area contributed by atoms with Crippen LogP contribution < -0.4 is 0 Å². The number of sulfonamides is 1. The molecule has 1 fully saturated rings. The molecule has 1 amide bonds. The molecule has 5 nitrogen and oxygen atoms in total. The third-order valence-electron chi connectivity index (χ3n) is 6.00. The van der Waals surface area contributed by atoms with E-state index in [1.54, 1.807) is 22.5 Å². The summed E-state index contributed by atoms with van der Waals surface area (Å²) in [6.45, 7) is 5.49. The number of thiophene rings is 1. The van der Waals surface area contributed by atoms with E-state index in [2.05, 4.69) is 18.7 Å². The molecule has 1 atom stereocenters. The second-order valence-electron chi connectivity index (χ2n) is 7.95. The Morgan fingerprint density at radius 1 is 1.17 bits per heavy atom. The van der Waals surface area contributed by atoms with Gasteiger partial charge in [-0.05, 0) is 48.9 Å². The van der Waals surface area contributed by atoms with Gasteiger partial charge in [0.1, 0.15) is 4.21 Å². The average Bonchev–Trinajstić information content (AvgIpc) is 3.40. The van der Waals surface area contributed by atoms with E-state index in [0.717, 1.165) is 37.0 Å². The molecular formula is C23H28N2O3S2. The minimum absolute atomic E-state index is 0.0142. The first-order valence-corrected chi connectivity index (χ1v) is 12.8. The highest BCUT2D eigenvalue weighted by Gasteiger charge is 2.31. The van der Waals surface area contributed by atoms with Crippen LogP contribution in [0.25, 0.3) is 0 Å². The van der Waals surface area contributed by atoms with Crippen molar-refractivity contribution in [3.63, 3.8) is 0 Å². The lowest BCUT2D eigenvalue weighted by molar-refractivity contribution is -0.132. The number of nitrogens with zero attached hydrogens (tertiary/aromatic N) is 2. The van der Waals surface area contributed by atoms with E-state index >= 15 is 0 Å². The Morgan fingerprint density at radius 3 is 2.70 bits per heavy atom. The fraction of sp³-hybridized carbons (Fsp3) is 0.435. The van der Waals surface area contributed by atoms with E-state index in [1.807, 2.05) is 17.0 Å². The largest absolute Gasteiger partial charge is 0.332 e. The van der Waals surface area contributed by atoms with Gasteiger partial charge in [0.2, 0.25) is 5.91 Å². The number of rotatable bonds is 7. The molecule has 30 heavy (non-hydrogen) atoms. The van der Waals surface area contributed by atoms with Gasteiger partial charge in [0.15, 0.2) is 0 Å². The van der Waals surface area contributed by atoms with Crippen molar-refractivity contribution in [3.8, 4) is 0 Å². The second kappa shape index (κ2) is 9.04. The van der Waals surface area contributed by atoms with Crippen molar-refractivity contribution in [2.75, 3.05) is 19.6 Å². The molecule has 0 bridgehead atoms. The smallest absolute Gasteiger partial charge is 0.252 e. The van der Waals surface area contributed by atoms with E-state index in [-0.39, 0.29) is 18.4 Å². The number of hydrogen-bond acceptors (Lipinski definition) is 4. The number of fused-ring (bicyclic) bond motifs is 1. The van der Waals surface area contributed by atoms with Gasteiger partial charge in [-0.2, -0.15) is 4.31 Å². The highest BCUT2D eigenvalue weighted by Crippen LogP contribution is 2.36. The number of piperidine rings is 1. The van der Waals surface area contributed by atoms with Crippen molar-refractivity contribution in [2.45, 2.75) is 48.8 Å². The van der Waals surface area contributed by atoms with Crippen LogP contribution in [0.2, 0.25) is 0 Å². The molecule has 2 aliphatic rings. The number of benzene rings is 1. The molecule has 0 N–H and O–H groups in total. The first-order chi connectivity index (χ1) is 14.5. The zero-order valence-electron chi connectivity index (χ0n) is 17.1. The van der Waals surface area contributed by atoms with Gasteiger partial charge >= 0.3 is 0 Å². The molecule has 0 radical (unpaired) electrons. The molecular weight excluding hydrogens is 416 g/mol. The summed E-state index contributed by atoms with van der Waals surface area (Å²) in [5, 5.41) is 0. The lowest BCUT2D eigenvalue weighted by atomic mass is 10.1. The fourth-order valence-electron chi connectivity index (χ4n) is 4.48. The molecule has 1 aliphatic heterocycles. The average molecular weight is 445 g/mol. The summed E-state index contributed by atoms with van der Waals surface area (Å²) in [5.41, 5.74) is 2.52. The quantitative estimate of drug-likeness (QED) is 0.603. The maximum atomic E-state index is 13.2. The standard InChI is InChI=1S/C23H28N2O3S2/c1-2-14-25(21-12-10-18-8-4-5-9-20(18)21)22(26)17-19-11-13-23(29-19)30(27,28)24-15-6-3-7-16-24/h2,4-5,8-9,11,13,21H,1,3,6-7,10,12,14-17H2. The summed E-state index contributed by atoms with van der Waals surface area (Å²) in [4.78, 5) is 15.9. The van der Waals surface area contributed by atoms with Gasteiger partial charge in [-0.1, -0.05) is 36.8 Å². The summed E-state index contributed by atoms with van der Waals surface area (Å²) >= 11 is 1.22. The van der Waals surface area contributed by atoms with Crippen LogP contribution in [0.5, 0.6) is 0 Å². The van der Waals surface area contributed by atoms with E-state index in [9.17, 15) is 13.2 Å². The Balaban J connectivity index is 1.49. The molecule has 1 aromatic carbocycles. The van der Waals surface area contributed by atoms with Crippen molar-refractivity contribution in [2.24, 2.45) is 0 Å². The Hall–Kier alpha value is -1.96. The first-order valence-electron chi connectivity index (χ1n) is 10.6. The van der Waals surface area contributed by atoms with Crippen LogP contribution in [0.15, 0.2) is 53.3 Å². The van der Waals surface area contributed by atoms with Crippen molar-refractivity contribution < 1.29 is 13.2 Å². The van der Waals surface area contributed by atoms with Gasteiger partial charge in [0, 0.05) is 24.5 Å². The van der Waals surface area contributed by atoms with Crippen LogP contribution in [0.1, 0.15) is 47.7 Å². The third-order valence-corrected chi connectivity index (χ3v) is 9.45. The normalized spacial score (nSPS) is 19.4. The lowest BCUT2D eigenvalue weighted by Gasteiger charge is -2.29. The fourth-order valence-corrected chi connectivity index (χ4v) is 7.49. The van der Waals surface area contributed by atoms with Gasteiger partial charge in [-0.15, -0.1) is 17.9 Å². The van der Waals surface area contributed by atoms with Gasteiger partial charge in [0.05, 0.1) is 12.5 Å². The number of hydrogen-bond donors (Lipinski definition) is 0. The predicted molar refractivity (Wildman–Crippen MR) is 120 cm³/mol. The molecule has 4 rings (SSSR count). The highest BCUT2D eigenvalue weighted by molar-refractivity contribution is 7.91.